The number of alkyl halides is 3. The molecule has 27 heavy (non-hydrogen) atoms. The van der Waals surface area contributed by atoms with E-state index in [-0.39, 0.29) is 29.5 Å². The Morgan fingerprint density at radius 1 is 1.30 bits per heavy atom. The quantitative estimate of drug-likeness (QED) is 0.519. The molecule has 0 N–H and O–H groups in total. The minimum atomic E-state index is -4.86. The van der Waals surface area contributed by atoms with Crippen LogP contribution in [0, 0.1) is 5.41 Å². The number of epoxide rings is 1. The zero-order valence-electron chi connectivity index (χ0n) is 15.4. The summed E-state index contributed by atoms with van der Waals surface area (Å²) in [6.45, 7) is 4.13. The molecule has 0 spiro atoms. The molecule has 1 aliphatic carbocycles. The van der Waals surface area contributed by atoms with Crippen molar-refractivity contribution in [3.05, 3.63) is 29.3 Å². The van der Waals surface area contributed by atoms with Gasteiger partial charge in [0.2, 0.25) is 0 Å². The van der Waals surface area contributed by atoms with Crippen molar-refractivity contribution in [2.24, 2.45) is 5.41 Å². The number of rotatable bonds is 6. The van der Waals surface area contributed by atoms with E-state index < -0.39 is 22.0 Å². The van der Waals surface area contributed by atoms with Crippen LogP contribution in [0.1, 0.15) is 56.3 Å². The molecular formula is C18H23F3O5S. The number of hydrogen-bond donors (Lipinski definition) is 0. The van der Waals surface area contributed by atoms with Crippen LogP contribution in [0.4, 0.5) is 13.2 Å². The Kier molecular flexibility index (Phi) is 5.24. The molecule has 5 nitrogen and oxygen atoms in total. The lowest BCUT2D eigenvalue weighted by molar-refractivity contribution is -0.107. The van der Waals surface area contributed by atoms with E-state index in [4.69, 9.17) is 13.7 Å². The molecule has 2 fully saturated rings. The third-order valence-corrected chi connectivity index (χ3v) is 6.35. The molecule has 1 aliphatic heterocycles. The van der Waals surface area contributed by atoms with Crippen LogP contribution in [-0.2, 0) is 19.6 Å². The monoisotopic (exact) mass is 408 g/mol. The fourth-order valence-electron chi connectivity index (χ4n) is 3.88. The minimum Gasteiger partial charge on any atom is -0.382 e. The van der Waals surface area contributed by atoms with E-state index in [9.17, 15) is 21.6 Å². The van der Waals surface area contributed by atoms with Crippen LogP contribution >= 0.6 is 0 Å². The number of hydrogen-bond acceptors (Lipinski definition) is 5. The predicted octanol–water partition coefficient (Wildman–Crippen LogP) is 4.30. The molecule has 2 aliphatic rings. The van der Waals surface area contributed by atoms with Crippen molar-refractivity contribution >= 4 is 10.1 Å². The molecule has 1 saturated carbocycles. The molecule has 1 aromatic rings. The number of methoxy groups -OCH3 is 1. The van der Waals surface area contributed by atoms with Gasteiger partial charge in [0.1, 0.15) is 11.9 Å². The molecule has 0 aromatic heterocycles. The van der Waals surface area contributed by atoms with Crippen molar-refractivity contribution in [3.63, 3.8) is 0 Å². The summed E-state index contributed by atoms with van der Waals surface area (Å²) >= 11 is 0. The second kappa shape index (κ2) is 6.93. The van der Waals surface area contributed by atoms with Gasteiger partial charge in [-0.15, -0.1) is 0 Å². The summed E-state index contributed by atoms with van der Waals surface area (Å²) in [5.41, 5.74) is 1.28. The summed E-state index contributed by atoms with van der Waals surface area (Å²) in [5, 5.41) is 0. The molecule has 3 unspecified atom stereocenters. The number of benzene rings is 1. The second-order valence-corrected chi connectivity index (χ2v) is 9.36. The van der Waals surface area contributed by atoms with Gasteiger partial charge < -0.3 is 13.7 Å². The molecule has 0 bridgehead atoms. The Bertz CT molecular complexity index is 804. The van der Waals surface area contributed by atoms with Gasteiger partial charge >= 0.3 is 16.3 Å². The fourth-order valence-corrected chi connectivity index (χ4v) is 4.76. The van der Waals surface area contributed by atoms with Gasteiger partial charge in [-0.05, 0) is 47.4 Å². The van der Waals surface area contributed by atoms with Crippen LogP contribution in [0.15, 0.2) is 18.2 Å². The van der Waals surface area contributed by atoms with Gasteiger partial charge in [-0.1, -0.05) is 26.3 Å². The molecule has 152 valence electrons. The first-order valence-electron chi connectivity index (χ1n) is 8.73. The topological polar surface area (TPSA) is 65.1 Å². The van der Waals surface area contributed by atoms with Gasteiger partial charge in [-0.2, -0.15) is 21.6 Å². The van der Waals surface area contributed by atoms with Crippen molar-refractivity contribution in [1.82, 2.24) is 0 Å². The molecule has 3 atom stereocenters. The third-order valence-electron chi connectivity index (χ3n) is 5.24. The van der Waals surface area contributed by atoms with Crippen LogP contribution in [-0.4, -0.2) is 33.7 Å². The normalized spacial score (nSPS) is 27.6. The summed E-state index contributed by atoms with van der Waals surface area (Å²) in [5.74, 6) is -2.09. The summed E-state index contributed by atoms with van der Waals surface area (Å²) < 4.78 is 76.8. The molecule has 3 rings (SSSR count). The maximum atomic E-state index is 12.5. The largest absolute Gasteiger partial charge is 0.406 e. The average Bonchev–Trinajstić information content (AvgIpc) is 3.21. The maximum absolute atomic E-state index is 12.5. The smallest absolute Gasteiger partial charge is 0.382 e. The average molecular weight is 408 g/mol. The first kappa shape index (κ1) is 20.4. The lowest BCUT2D eigenvalue weighted by Gasteiger charge is -2.29. The fraction of sp³-hybridized carbons (Fsp3) is 0.667. The van der Waals surface area contributed by atoms with E-state index in [1.807, 2.05) is 0 Å². The van der Waals surface area contributed by atoms with Gasteiger partial charge in [0.15, 0.2) is 12.0 Å². The van der Waals surface area contributed by atoms with Gasteiger partial charge in [0, 0.05) is 7.11 Å². The highest BCUT2D eigenvalue weighted by atomic mass is 32.2. The first-order valence-corrected chi connectivity index (χ1v) is 10.3. The van der Waals surface area contributed by atoms with Gasteiger partial charge in [0.05, 0.1) is 0 Å². The molecule has 9 heteroatoms. The molecule has 1 heterocycles. The first-order chi connectivity index (χ1) is 12.4. The summed E-state index contributed by atoms with van der Waals surface area (Å²) in [7, 11) is -3.27. The highest BCUT2D eigenvalue weighted by Gasteiger charge is 2.43. The van der Waals surface area contributed by atoms with Crippen LogP contribution in [0.3, 0.4) is 0 Å². The van der Waals surface area contributed by atoms with E-state index in [1.54, 1.807) is 12.1 Å². The summed E-state index contributed by atoms with van der Waals surface area (Å²) in [6.07, 6.45) is -2.78. The van der Waals surface area contributed by atoms with Crippen molar-refractivity contribution in [2.45, 2.75) is 57.6 Å². The lowest BCUT2D eigenvalue weighted by atomic mass is 9.77. The molecule has 0 radical (unpaired) electrons. The molecule has 1 saturated heterocycles. The van der Waals surface area contributed by atoms with E-state index in [2.05, 4.69) is 13.8 Å². The Hall–Kier alpha value is -1.32. The van der Waals surface area contributed by atoms with Gasteiger partial charge in [-0.25, -0.2) is 0 Å². The van der Waals surface area contributed by atoms with Gasteiger partial charge in [0.25, 0.3) is 0 Å². The van der Waals surface area contributed by atoms with E-state index in [0.717, 1.165) is 24.8 Å². The molecule has 1 aromatic carbocycles. The van der Waals surface area contributed by atoms with Crippen molar-refractivity contribution in [2.75, 3.05) is 12.9 Å². The van der Waals surface area contributed by atoms with Crippen LogP contribution in [0.5, 0.6) is 5.75 Å². The van der Waals surface area contributed by atoms with E-state index in [1.165, 1.54) is 13.2 Å². The lowest BCUT2D eigenvalue weighted by Crippen LogP contribution is -2.27. The Balaban J connectivity index is 1.95. The highest BCUT2D eigenvalue weighted by Crippen LogP contribution is 2.52. The highest BCUT2D eigenvalue weighted by molar-refractivity contribution is 7.87. The van der Waals surface area contributed by atoms with Crippen molar-refractivity contribution in [3.8, 4) is 5.75 Å². The molecular weight excluding hydrogens is 385 g/mol. The minimum absolute atomic E-state index is 0.0201. The zero-order chi connectivity index (χ0) is 20.0. The number of halogens is 3. The van der Waals surface area contributed by atoms with E-state index >= 15 is 0 Å². The van der Waals surface area contributed by atoms with E-state index in [0.29, 0.717) is 5.56 Å². The van der Waals surface area contributed by atoms with Crippen LogP contribution in [0.2, 0.25) is 0 Å². The second-order valence-electron chi connectivity index (χ2n) is 7.79. The van der Waals surface area contributed by atoms with Gasteiger partial charge in [-0.3, -0.25) is 0 Å². The SMILES string of the molecule is COC1OC1c1ccc(OS(=O)(=O)CC(F)(F)F)c(C2CCCC2(C)C)c1. The van der Waals surface area contributed by atoms with Crippen molar-refractivity contribution < 1.29 is 35.2 Å². The maximum Gasteiger partial charge on any atom is 0.406 e. The zero-order valence-corrected chi connectivity index (χ0v) is 16.2. The number of ether oxygens (including phenoxy) is 2. The molecule has 0 amide bonds. The summed E-state index contributed by atoms with van der Waals surface area (Å²) in [4.78, 5) is 0. The summed E-state index contributed by atoms with van der Waals surface area (Å²) in [6, 6.07) is 4.80. The standard InChI is InChI=1S/C18H23F3O5S/c1-17(2)8-4-5-13(17)12-9-11(15-16(24-3)25-15)6-7-14(12)26-27(22,23)10-18(19,20)21/h6-7,9,13,15-16H,4-5,8,10H2,1-3H3. The third kappa shape index (κ3) is 4.75. The van der Waals surface area contributed by atoms with Crippen molar-refractivity contribution in [1.29, 1.82) is 0 Å². The van der Waals surface area contributed by atoms with Crippen LogP contribution in [0.25, 0.3) is 0 Å². The van der Waals surface area contributed by atoms with Crippen LogP contribution < -0.4 is 4.18 Å². The Morgan fingerprint density at radius 3 is 2.52 bits per heavy atom. The Labute approximate surface area is 156 Å². The Morgan fingerprint density at radius 2 is 2.00 bits per heavy atom. The predicted molar refractivity (Wildman–Crippen MR) is 91.9 cm³/mol.